The first kappa shape index (κ1) is 15.0. The third-order valence-electron chi connectivity index (χ3n) is 2.79. The maximum atomic E-state index is 13.9. The van der Waals surface area contributed by atoms with E-state index in [-0.39, 0.29) is 23.4 Å². The molecule has 2 aromatic rings. The Morgan fingerprint density at radius 3 is 2.76 bits per heavy atom. The van der Waals surface area contributed by atoms with E-state index in [9.17, 15) is 19.3 Å². The minimum absolute atomic E-state index is 0.0583. The smallest absolute Gasteiger partial charge is 0.270 e. The molecule has 1 N–H and O–H groups in total. The number of hydrogen-bond donors (Lipinski definition) is 1. The van der Waals surface area contributed by atoms with Crippen LogP contribution < -0.4 is 5.32 Å². The molecule has 2 rings (SSSR count). The predicted molar refractivity (Wildman–Crippen MR) is 75.8 cm³/mol. The fraction of sp³-hybridized carbons (Fsp3) is 0.231. The van der Waals surface area contributed by atoms with E-state index >= 15 is 0 Å². The Morgan fingerprint density at radius 1 is 1.48 bits per heavy atom. The van der Waals surface area contributed by atoms with Crippen LogP contribution in [0.25, 0.3) is 0 Å². The van der Waals surface area contributed by atoms with E-state index in [0.717, 1.165) is 22.0 Å². The minimum atomic E-state index is -0.751. The lowest BCUT2D eigenvalue weighted by Crippen LogP contribution is -2.24. The molecular formula is C13H12FN3O3S. The number of non-ortho nitro benzene ring substituents is 1. The SMILES string of the molecule is Cc1ncc(CNC(=O)c2cc([N+](=O)[O-])cc(C)c2F)s1. The summed E-state index contributed by atoms with van der Waals surface area (Å²) in [6, 6.07) is 2.04. The van der Waals surface area contributed by atoms with Crippen molar-refractivity contribution >= 4 is 22.9 Å². The quantitative estimate of drug-likeness (QED) is 0.695. The molecule has 0 saturated heterocycles. The monoisotopic (exact) mass is 309 g/mol. The van der Waals surface area contributed by atoms with Gasteiger partial charge in [-0.25, -0.2) is 9.37 Å². The van der Waals surface area contributed by atoms with Gasteiger partial charge in [0.1, 0.15) is 5.82 Å². The van der Waals surface area contributed by atoms with Crippen molar-refractivity contribution in [3.05, 3.63) is 55.3 Å². The van der Waals surface area contributed by atoms with Gasteiger partial charge in [-0.2, -0.15) is 0 Å². The second-order valence-electron chi connectivity index (χ2n) is 4.41. The molecule has 110 valence electrons. The first-order valence-electron chi connectivity index (χ1n) is 6.02. The first-order valence-corrected chi connectivity index (χ1v) is 6.84. The maximum Gasteiger partial charge on any atom is 0.270 e. The third kappa shape index (κ3) is 3.40. The number of benzene rings is 1. The highest BCUT2D eigenvalue weighted by Gasteiger charge is 2.19. The van der Waals surface area contributed by atoms with Crippen LogP contribution in [0.3, 0.4) is 0 Å². The molecule has 0 radical (unpaired) electrons. The van der Waals surface area contributed by atoms with E-state index in [1.54, 1.807) is 6.20 Å². The lowest BCUT2D eigenvalue weighted by atomic mass is 10.1. The van der Waals surface area contributed by atoms with E-state index < -0.39 is 16.6 Å². The maximum absolute atomic E-state index is 13.9. The van der Waals surface area contributed by atoms with Crippen LogP contribution in [0.2, 0.25) is 0 Å². The molecule has 1 amide bonds. The van der Waals surface area contributed by atoms with Gasteiger partial charge in [0.15, 0.2) is 0 Å². The molecule has 0 saturated carbocycles. The Morgan fingerprint density at radius 2 is 2.19 bits per heavy atom. The fourth-order valence-electron chi connectivity index (χ4n) is 1.77. The fourth-order valence-corrected chi connectivity index (χ4v) is 2.51. The zero-order valence-corrected chi connectivity index (χ0v) is 12.2. The van der Waals surface area contributed by atoms with Gasteiger partial charge in [0.2, 0.25) is 0 Å². The van der Waals surface area contributed by atoms with Crippen molar-refractivity contribution in [2.75, 3.05) is 0 Å². The molecule has 0 bridgehead atoms. The molecular weight excluding hydrogens is 297 g/mol. The lowest BCUT2D eigenvalue weighted by Gasteiger charge is -2.06. The second-order valence-corrected chi connectivity index (χ2v) is 5.73. The molecule has 1 heterocycles. The topological polar surface area (TPSA) is 85.1 Å². The van der Waals surface area contributed by atoms with Gasteiger partial charge in [0, 0.05) is 23.2 Å². The zero-order valence-electron chi connectivity index (χ0n) is 11.3. The molecule has 0 fully saturated rings. The number of nitrogens with one attached hydrogen (secondary N) is 1. The minimum Gasteiger partial charge on any atom is -0.347 e. The van der Waals surface area contributed by atoms with Gasteiger partial charge < -0.3 is 5.32 Å². The second kappa shape index (κ2) is 5.96. The highest BCUT2D eigenvalue weighted by atomic mass is 32.1. The van der Waals surface area contributed by atoms with Crippen LogP contribution in [0.1, 0.15) is 25.8 Å². The van der Waals surface area contributed by atoms with Crippen molar-refractivity contribution in [1.82, 2.24) is 10.3 Å². The first-order chi connectivity index (χ1) is 9.88. The van der Waals surface area contributed by atoms with Gasteiger partial charge >= 0.3 is 0 Å². The number of nitrogens with zero attached hydrogens (tertiary/aromatic N) is 2. The van der Waals surface area contributed by atoms with Crippen molar-refractivity contribution in [3.63, 3.8) is 0 Å². The van der Waals surface area contributed by atoms with Crippen molar-refractivity contribution in [1.29, 1.82) is 0 Å². The summed E-state index contributed by atoms with van der Waals surface area (Å²) < 4.78 is 13.9. The Bertz CT molecular complexity index is 715. The van der Waals surface area contributed by atoms with E-state index in [4.69, 9.17) is 0 Å². The number of rotatable bonds is 4. The van der Waals surface area contributed by atoms with Gasteiger partial charge in [0.25, 0.3) is 11.6 Å². The number of aryl methyl sites for hydroxylation is 2. The van der Waals surface area contributed by atoms with Crippen LogP contribution in [-0.4, -0.2) is 15.8 Å². The van der Waals surface area contributed by atoms with Crippen molar-refractivity contribution in [2.24, 2.45) is 0 Å². The number of halogens is 1. The van der Waals surface area contributed by atoms with E-state index in [0.29, 0.717) is 0 Å². The summed E-state index contributed by atoms with van der Waals surface area (Å²) in [6.07, 6.45) is 1.62. The number of nitro groups is 1. The summed E-state index contributed by atoms with van der Waals surface area (Å²) in [6.45, 7) is 3.41. The van der Waals surface area contributed by atoms with Gasteiger partial charge in [-0.3, -0.25) is 14.9 Å². The molecule has 1 aromatic heterocycles. The van der Waals surface area contributed by atoms with E-state index in [1.165, 1.54) is 18.3 Å². The van der Waals surface area contributed by atoms with Crippen LogP contribution in [0, 0.1) is 29.8 Å². The predicted octanol–water partition coefficient (Wildman–Crippen LogP) is 2.74. The molecule has 8 heteroatoms. The van der Waals surface area contributed by atoms with Gasteiger partial charge in [0.05, 0.1) is 22.0 Å². The average Bonchev–Trinajstić information content (AvgIpc) is 2.84. The summed E-state index contributed by atoms with van der Waals surface area (Å²) in [5.41, 5.74) is -0.585. The molecule has 0 aliphatic heterocycles. The Labute approximate surface area is 123 Å². The van der Waals surface area contributed by atoms with Crippen LogP contribution >= 0.6 is 11.3 Å². The normalized spacial score (nSPS) is 10.4. The van der Waals surface area contributed by atoms with Gasteiger partial charge in [-0.05, 0) is 19.4 Å². The lowest BCUT2D eigenvalue weighted by molar-refractivity contribution is -0.385. The number of aromatic nitrogens is 1. The Balaban J connectivity index is 2.20. The van der Waals surface area contributed by atoms with Crippen LogP contribution in [0.4, 0.5) is 10.1 Å². The number of hydrogen-bond acceptors (Lipinski definition) is 5. The molecule has 0 unspecified atom stereocenters. The average molecular weight is 309 g/mol. The van der Waals surface area contributed by atoms with Crippen LogP contribution in [-0.2, 0) is 6.54 Å². The highest BCUT2D eigenvalue weighted by molar-refractivity contribution is 7.11. The van der Waals surface area contributed by atoms with Crippen molar-refractivity contribution in [2.45, 2.75) is 20.4 Å². The Hall–Kier alpha value is -2.35. The Kier molecular flexibility index (Phi) is 4.27. The molecule has 1 aromatic carbocycles. The van der Waals surface area contributed by atoms with E-state index in [2.05, 4.69) is 10.3 Å². The molecule has 0 aliphatic carbocycles. The number of nitro benzene ring substituents is 1. The van der Waals surface area contributed by atoms with Gasteiger partial charge in [-0.1, -0.05) is 0 Å². The number of amides is 1. The molecule has 6 nitrogen and oxygen atoms in total. The zero-order chi connectivity index (χ0) is 15.6. The van der Waals surface area contributed by atoms with Crippen LogP contribution in [0.15, 0.2) is 18.3 Å². The van der Waals surface area contributed by atoms with Crippen molar-refractivity contribution in [3.8, 4) is 0 Å². The summed E-state index contributed by atoms with van der Waals surface area (Å²) in [5, 5.41) is 14.2. The molecule has 0 aliphatic rings. The third-order valence-corrected chi connectivity index (χ3v) is 3.70. The molecule has 0 spiro atoms. The summed E-state index contributed by atoms with van der Waals surface area (Å²) in [4.78, 5) is 27.0. The number of thiazole rings is 1. The largest absolute Gasteiger partial charge is 0.347 e. The summed E-state index contributed by atoms with van der Waals surface area (Å²) in [7, 11) is 0. The van der Waals surface area contributed by atoms with E-state index in [1.807, 2.05) is 6.92 Å². The van der Waals surface area contributed by atoms with Crippen molar-refractivity contribution < 1.29 is 14.1 Å². The number of carbonyl (C=O) groups is 1. The molecule has 0 atom stereocenters. The summed E-state index contributed by atoms with van der Waals surface area (Å²) in [5.74, 6) is -1.44. The number of carbonyl (C=O) groups excluding carboxylic acids is 1. The standard InChI is InChI=1S/C13H12FN3O3S/c1-7-3-9(17(19)20)4-11(12(7)14)13(18)16-6-10-5-15-8(2)21-10/h3-5H,6H2,1-2H3,(H,16,18). The summed E-state index contributed by atoms with van der Waals surface area (Å²) >= 11 is 1.41. The van der Waals surface area contributed by atoms with Gasteiger partial charge in [-0.15, -0.1) is 11.3 Å². The highest BCUT2D eigenvalue weighted by Crippen LogP contribution is 2.21. The molecule has 21 heavy (non-hydrogen) atoms. The van der Waals surface area contributed by atoms with Crippen LogP contribution in [0.5, 0.6) is 0 Å².